The fourth-order valence-corrected chi connectivity index (χ4v) is 3.18. The Morgan fingerprint density at radius 3 is 2.89 bits per heavy atom. The topological polar surface area (TPSA) is 67.2 Å². The largest absolute Gasteiger partial charge is 0.397 e. The van der Waals surface area contributed by atoms with Crippen molar-refractivity contribution in [1.82, 2.24) is 5.32 Å². The van der Waals surface area contributed by atoms with Gasteiger partial charge in [0.1, 0.15) is 4.88 Å². The van der Waals surface area contributed by atoms with Crippen LogP contribution in [-0.4, -0.2) is 18.0 Å². The van der Waals surface area contributed by atoms with E-state index in [1.54, 1.807) is 6.08 Å². The maximum Gasteiger partial charge on any atom is 0.263 e. The van der Waals surface area contributed by atoms with Crippen molar-refractivity contribution >= 4 is 27.9 Å². The van der Waals surface area contributed by atoms with E-state index in [2.05, 4.69) is 31.1 Å². The molecule has 1 saturated carbocycles. The van der Waals surface area contributed by atoms with Crippen molar-refractivity contribution < 1.29 is 4.79 Å². The molecule has 19 heavy (non-hydrogen) atoms. The highest BCUT2D eigenvalue weighted by Crippen LogP contribution is 2.42. The number of amides is 1. The molecule has 1 fully saturated rings. The maximum atomic E-state index is 11.9. The van der Waals surface area contributed by atoms with Crippen molar-refractivity contribution in [3.05, 3.63) is 23.6 Å². The zero-order valence-electron chi connectivity index (χ0n) is 11.5. The minimum atomic E-state index is -0.139. The monoisotopic (exact) mass is 279 g/mol. The van der Waals surface area contributed by atoms with Crippen molar-refractivity contribution in [3.63, 3.8) is 0 Å². The van der Waals surface area contributed by atoms with Crippen LogP contribution >= 0.6 is 11.3 Å². The van der Waals surface area contributed by atoms with E-state index in [0.717, 1.165) is 5.00 Å². The normalized spacial score (nSPS) is 15.1. The zero-order chi connectivity index (χ0) is 14.0. The number of rotatable bonds is 6. The summed E-state index contributed by atoms with van der Waals surface area (Å²) < 4.78 is 0. The molecule has 1 heterocycles. The van der Waals surface area contributed by atoms with Gasteiger partial charge in [-0.05, 0) is 38.7 Å². The lowest BCUT2D eigenvalue weighted by molar-refractivity contribution is 0.0963. The number of carbonyl (C=O) groups is 1. The minimum Gasteiger partial charge on any atom is -0.397 e. The molecule has 0 bridgehead atoms. The Labute approximate surface area is 118 Å². The molecule has 0 unspecified atom stereocenters. The van der Waals surface area contributed by atoms with Crippen molar-refractivity contribution in [3.8, 4) is 0 Å². The molecule has 1 aliphatic rings. The van der Waals surface area contributed by atoms with Gasteiger partial charge in [-0.2, -0.15) is 0 Å². The first-order valence-electron chi connectivity index (χ1n) is 6.50. The highest BCUT2D eigenvalue weighted by Gasteiger charge is 2.38. The molecule has 0 radical (unpaired) electrons. The second-order valence-corrected chi connectivity index (χ2v) is 6.57. The second kappa shape index (κ2) is 5.25. The summed E-state index contributed by atoms with van der Waals surface area (Å²) in [6.07, 6.45) is 4.19. The van der Waals surface area contributed by atoms with Crippen molar-refractivity contribution in [2.24, 2.45) is 5.92 Å². The lowest BCUT2D eigenvalue weighted by atomic mass is 9.99. The van der Waals surface area contributed by atoms with Crippen LogP contribution in [0.5, 0.6) is 0 Å². The van der Waals surface area contributed by atoms with Crippen LogP contribution in [0.2, 0.25) is 0 Å². The minimum absolute atomic E-state index is 0.0617. The molecule has 0 saturated heterocycles. The van der Waals surface area contributed by atoms with Crippen LogP contribution in [0.15, 0.2) is 18.7 Å². The molecule has 0 aromatic carbocycles. The third-order valence-electron chi connectivity index (χ3n) is 3.42. The summed E-state index contributed by atoms with van der Waals surface area (Å²) in [5.41, 5.74) is 6.50. The maximum absolute atomic E-state index is 11.9. The van der Waals surface area contributed by atoms with E-state index >= 15 is 0 Å². The van der Waals surface area contributed by atoms with Gasteiger partial charge in [-0.1, -0.05) is 6.08 Å². The Morgan fingerprint density at radius 2 is 2.32 bits per heavy atom. The zero-order valence-corrected chi connectivity index (χ0v) is 12.3. The number of thiophene rings is 1. The summed E-state index contributed by atoms with van der Waals surface area (Å²) in [6.45, 7) is 8.41. The molecule has 4 N–H and O–H groups in total. The summed E-state index contributed by atoms with van der Waals surface area (Å²) in [6, 6.07) is 1.84. The number of anilines is 2. The van der Waals surface area contributed by atoms with E-state index < -0.39 is 0 Å². The van der Waals surface area contributed by atoms with Gasteiger partial charge in [0.05, 0.1) is 10.7 Å². The molecule has 104 valence electrons. The van der Waals surface area contributed by atoms with Crippen molar-refractivity contribution in [2.45, 2.75) is 32.2 Å². The molecular formula is C14H21N3OS. The molecule has 1 aliphatic carbocycles. The number of hydrogen-bond donors (Lipinski definition) is 3. The molecule has 5 heteroatoms. The summed E-state index contributed by atoms with van der Waals surface area (Å²) in [5.74, 6) is 0.577. The number of hydrogen-bond acceptors (Lipinski definition) is 4. The number of nitrogens with one attached hydrogen (secondary N) is 2. The molecular weight excluding hydrogens is 258 g/mol. The lowest BCUT2D eigenvalue weighted by Gasteiger charge is -2.26. The van der Waals surface area contributed by atoms with Crippen LogP contribution in [0.4, 0.5) is 10.7 Å². The Bertz CT molecular complexity index is 489. The number of nitrogen functional groups attached to an aromatic ring is 1. The number of carbonyl (C=O) groups excluding carboxylic acids is 1. The van der Waals surface area contributed by atoms with Crippen molar-refractivity contribution in [1.29, 1.82) is 0 Å². The molecule has 0 aliphatic heterocycles. The van der Waals surface area contributed by atoms with E-state index in [4.69, 9.17) is 5.73 Å². The fourth-order valence-electron chi connectivity index (χ4n) is 2.11. The van der Waals surface area contributed by atoms with Gasteiger partial charge in [0.15, 0.2) is 0 Å². The average Bonchev–Trinajstić information content (AvgIpc) is 3.12. The second-order valence-electron chi connectivity index (χ2n) is 5.51. The number of nitrogens with two attached hydrogens (primary N) is 1. The Hall–Kier alpha value is -1.49. The van der Waals surface area contributed by atoms with Crippen LogP contribution in [0.3, 0.4) is 0 Å². The van der Waals surface area contributed by atoms with Crippen LogP contribution in [0.1, 0.15) is 36.4 Å². The molecule has 0 spiro atoms. The van der Waals surface area contributed by atoms with Gasteiger partial charge in [-0.3, -0.25) is 4.79 Å². The first-order chi connectivity index (χ1) is 8.94. The third kappa shape index (κ3) is 3.29. The fraction of sp³-hybridized carbons (Fsp3) is 0.500. The Balaban J connectivity index is 2.07. The first-order valence-corrected chi connectivity index (χ1v) is 7.32. The van der Waals surface area contributed by atoms with Crippen LogP contribution in [-0.2, 0) is 0 Å². The van der Waals surface area contributed by atoms with Crippen LogP contribution in [0.25, 0.3) is 0 Å². The van der Waals surface area contributed by atoms with Gasteiger partial charge >= 0.3 is 0 Å². The highest BCUT2D eigenvalue weighted by atomic mass is 32.1. The molecule has 2 rings (SSSR count). The van der Waals surface area contributed by atoms with E-state index in [1.165, 1.54) is 24.2 Å². The van der Waals surface area contributed by atoms with Gasteiger partial charge in [0.2, 0.25) is 0 Å². The molecule has 4 nitrogen and oxygen atoms in total. The lowest BCUT2D eigenvalue weighted by Crippen LogP contribution is -2.32. The Morgan fingerprint density at radius 1 is 1.63 bits per heavy atom. The SMILES string of the molecule is C=CCNC(=O)c1sc(NC(C)(C)C2CC2)cc1N. The highest BCUT2D eigenvalue weighted by molar-refractivity contribution is 7.18. The summed E-state index contributed by atoms with van der Waals surface area (Å²) >= 11 is 1.41. The summed E-state index contributed by atoms with van der Waals surface area (Å²) in [7, 11) is 0. The average molecular weight is 279 g/mol. The summed E-state index contributed by atoms with van der Waals surface area (Å²) in [4.78, 5) is 12.5. The predicted octanol–water partition coefficient (Wildman–Crippen LogP) is 2.85. The van der Waals surface area contributed by atoms with Crippen LogP contribution in [0, 0.1) is 5.92 Å². The molecule has 0 atom stereocenters. The molecule has 1 aromatic rings. The van der Waals surface area contributed by atoms with E-state index in [0.29, 0.717) is 23.0 Å². The van der Waals surface area contributed by atoms with Gasteiger partial charge in [-0.15, -0.1) is 17.9 Å². The summed E-state index contributed by atoms with van der Waals surface area (Å²) in [5, 5.41) is 7.19. The van der Waals surface area contributed by atoms with Gasteiger partial charge in [0.25, 0.3) is 5.91 Å². The van der Waals surface area contributed by atoms with E-state index in [1.807, 2.05) is 6.07 Å². The third-order valence-corrected chi connectivity index (χ3v) is 4.48. The molecule has 1 amide bonds. The smallest absolute Gasteiger partial charge is 0.263 e. The predicted molar refractivity (Wildman–Crippen MR) is 81.7 cm³/mol. The van der Waals surface area contributed by atoms with E-state index in [9.17, 15) is 4.79 Å². The standard InChI is InChI=1S/C14H21N3OS/c1-4-7-16-13(18)12-10(15)8-11(19-12)17-14(2,3)9-5-6-9/h4,8-9,17H,1,5-7,15H2,2-3H3,(H,16,18). The van der Waals surface area contributed by atoms with Gasteiger partial charge < -0.3 is 16.4 Å². The Kier molecular flexibility index (Phi) is 3.85. The molecule has 1 aromatic heterocycles. The van der Waals surface area contributed by atoms with Gasteiger partial charge in [0, 0.05) is 12.1 Å². The van der Waals surface area contributed by atoms with Crippen molar-refractivity contribution in [2.75, 3.05) is 17.6 Å². The van der Waals surface area contributed by atoms with Crippen LogP contribution < -0.4 is 16.4 Å². The first kappa shape index (κ1) is 13.9. The van der Waals surface area contributed by atoms with Gasteiger partial charge in [-0.25, -0.2) is 0 Å². The quantitative estimate of drug-likeness (QED) is 0.701. The van der Waals surface area contributed by atoms with E-state index in [-0.39, 0.29) is 11.4 Å².